The lowest BCUT2D eigenvalue weighted by Gasteiger charge is -2.08. The SMILES string of the molecule is Cc1ccsc1/C=C/C(=O)Nc1ccnn1Cc1ccc(Cl)cc1. The first-order chi connectivity index (χ1) is 11.6. The van der Waals surface area contributed by atoms with Crippen molar-refractivity contribution in [1.29, 1.82) is 0 Å². The highest BCUT2D eigenvalue weighted by molar-refractivity contribution is 7.11. The molecular formula is C18H16ClN3OS. The van der Waals surface area contributed by atoms with E-state index in [9.17, 15) is 4.79 Å². The van der Waals surface area contributed by atoms with Gasteiger partial charge in [0.05, 0.1) is 12.7 Å². The lowest BCUT2D eigenvalue weighted by Crippen LogP contribution is -2.13. The van der Waals surface area contributed by atoms with Gasteiger partial charge in [0.25, 0.3) is 0 Å². The number of nitrogens with zero attached hydrogens (tertiary/aromatic N) is 2. The smallest absolute Gasteiger partial charge is 0.249 e. The number of aromatic nitrogens is 2. The van der Waals surface area contributed by atoms with Crippen LogP contribution in [0, 0.1) is 6.92 Å². The van der Waals surface area contributed by atoms with Gasteiger partial charge in [-0.2, -0.15) is 5.10 Å². The van der Waals surface area contributed by atoms with Crippen LogP contribution in [0.2, 0.25) is 5.02 Å². The Morgan fingerprint density at radius 1 is 1.29 bits per heavy atom. The largest absolute Gasteiger partial charge is 0.307 e. The van der Waals surface area contributed by atoms with Crippen molar-refractivity contribution in [3.8, 4) is 0 Å². The van der Waals surface area contributed by atoms with E-state index >= 15 is 0 Å². The standard InChI is InChI=1S/C18H16ClN3OS/c1-13-9-11-24-16(13)6-7-18(23)21-17-8-10-20-22(17)12-14-2-4-15(19)5-3-14/h2-11H,12H2,1H3,(H,21,23)/b7-6+. The number of halogens is 1. The topological polar surface area (TPSA) is 46.9 Å². The third-order valence-electron chi connectivity index (χ3n) is 3.50. The average Bonchev–Trinajstić information content (AvgIpc) is 3.17. The van der Waals surface area contributed by atoms with E-state index in [2.05, 4.69) is 10.4 Å². The van der Waals surface area contributed by atoms with E-state index in [-0.39, 0.29) is 5.91 Å². The van der Waals surface area contributed by atoms with Gasteiger partial charge in [-0.15, -0.1) is 11.3 Å². The normalized spacial score (nSPS) is 11.1. The zero-order chi connectivity index (χ0) is 16.9. The third kappa shape index (κ3) is 4.13. The van der Waals surface area contributed by atoms with Gasteiger partial charge < -0.3 is 5.32 Å². The molecule has 0 bridgehead atoms. The summed E-state index contributed by atoms with van der Waals surface area (Å²) in [4.78, 5) is 13.2. The number of anilines is 1. The van der Waals surface area contributed by atoms with Crippen LogP contribution < -0.4 is 5.32 Å². The van der Waals surface area contributed by atoms with Gasteiger partial charge >= 0.3 is 0 Å². The van der Waals surface area contributed by atoms with Gasteiger partial charge in [-0.3, -0.25) is 4.79 Å². The minimum atomic E-state index is -0.180. The Labute approximate surface area is 149 Å². The monoisotopic (exact) mass is 357 g/mol. The summed E-state index contributed by atoms with van der Waals surface area (Å²) in [5, 5.41) is 9.82. The summed E-state index contributed by atoms with van der Waals surface area (Å²) in [6.07, 6.45) is 5.03. The number of benzene rings is 1. The van der Waals surface area contributed by atoms with Crippen LogP contribution in [0.25, 0.3) is 6.08 Å². The van der Waals surface area contributed by atoms with Crippen molar-refractivity contribution in [1.82, 2.24) is 9.78 Å². The first-order valence-electron chi connectivity index (χ1n) is 7.41. The van der Waals surface area contributed by atoms with Crippen molar-refractivity contribution < 1.29 is 4.79 Å². The van der Waals surface area contributed by atoms with Gasteiger partial charge in [0, 0.05) is 22.0 Å². The molecule has 0 aliphatic rings. The van der Waals surface area contributed by atoms with Crippen LogP contribution in [0.3, 0.4) is 0 Å². The molecular weight excluding hydrogens is 342 g/mol. The number of carbonyl (C=O) groups is 1. The Morgan fingerprint density at radius 3 is 2.79 bits per heavy atom. The number of hydrogen-bond donors (Lipinski definition) is 1. The maximum absolute atomic E-state index is 12.1. The number of carbonyl (C=O) groups excluding carboxylic acids is 1. The number of thiophene rings is 1. The predicted octanol–water partition coefficient (Wildman–Crippen LogP) is 4.61. The zero-order valence-electron chi connectivity index (χ0n) is 13.1. The molecule has 6 heteroatoms. The molecule has 4 nitrogen and oxygen atoms in total. The second kappa shape index (κ2) is 7.47. The zero-order valence-corrected chi connectivity index (χ0v) is 14.6. The number of nitrogens with one attached hydrogen (secondary N) is 1. The molecule has 1 aromatic carbocycles. The highest BCUT2D eigenvalue weighted by Crippen LogP contribution is 2.17. The summed E-state index contributed by atoms with van der Waals surface area (Å²) in [6, 6.07) is 11.4. The fourth-order valence-electron chi connectivity index (χ4n) is 2.20. The van der Waals surface area contributed by atoms with E-state index in [1.165, 1.54) is 0 Å². The summed E-state index contributed by atoms with van der Waals surface area (Å²) in [5.41, 5.74) is 2.22. The minimum Gasteiger partial charge on any atom is -0.307 e. The van der Waals surface area contributed by atoms with Crippen molar-refractivity contribution in [3.63, 3.8) is 0 Å². The molecule has 0 spiro atoms. The van der Waals surface area contributed by atoms with E-state index in [0.29, 0.717) is 17.4 Å². The van der Waals surface area contributed by atoms with Crippen molar-refractivity contribution in [2.75, 3.05) is 5.32 Å². The molecule has 0 saturated heterocycles. The van der Waals surface area contributed by atoms with Gasteiger partial charge in [-0.05, 0) is 47.7 Å². The number of amides is 1. The van der Waals surface area contributed by atoms with Crippen molar-refractivity contribution in [3.05, 3.63) is 75.1 Å². The quantitative estimate of drug-likeness (QED) is 0.678. The van der Waals surface area contributed by atoms with Crippen LogP contribution in [-0.2, 0) is 11.3 Å². The highest BCUT2D eigenvalue weighted by atomic mass is 35.5. The Morgan fingerprint density at radius 2 is 2.08 bits per heavy atom. The molecule has 0 aliphatic carbocycles. The van der Waals surface area contributed by atoms with Crippen LogP contribution >= 0.6 is 22.9 Å². The maximum Gasteiger partial charge on any atom is 0.249 e. The summed E-state index contributed by atoms with van der Waals surface area (Å²) < 4.78 is 1.74. The molecule has 2 aromatic heterocycles. The molecule has 0 unspecified atom stereocenters. The van der Waals surface area contributed by atoms with Crippen LogP contribution in [0.1, 0.15) is 16.0 Å². The lowest BCUT2D eigenvalue weighted by molar-refractivity contribution is -0.111. The van der Waals surface area contributed by atoms with Crippen molar-refractivity contribution in [2.24, 2.45) is 0 Å². The molecule has 1 N–H and O–H groups in total. The number of rotatable bonds is 5. The lowest BCUT2D eigenvalue weighted by atomic mass is 10.2. The second-order valence-corrected chi connectivity index (χ2v) is 6.68. The van der Waals surface area contributed by atoms with Crippen LogP contribution in [0.5, 0.6) is 0 Å². The fourth-order valence-corrected chi connectivity index (χ4v) is 3.15. The van der Waals surface area contributed by atoms with Crippen LogP contribution in [0.4, 0.5) is 5.82 Å². The van der Waals surface area contributed by atoms with Crippen LogP contribution in [0.15, 0.2) is 54.1 Å². The van der Waals surface area contributed by atoms with Gasteiger partial charge in [0.15, 0.2) is 0 Å². The van der Waals surface area contributed by atoms with Crippen molar-refractivity contribution >= 4 is 40.7 Å². The second-order valence-electron chi connectivity index (χ2n) is 5.29. The first kappa shape index (κ1) is 16.5. The molecule has 2 heterocycles. The van der Waals surface area contributed by atoms with Gasteiger partial charge in [0.1, 0.15) is 5.82 Å². The number of hydrogen-bond acceptors (Lipinski definition) is 3. The molecule has 0 aliphatic heterocycles. The maximum atomic E-state index is 12.1. The van der Waals surface area contributed by atoms with E-state index in [1.807, 2.05) is 48.7 Å². The Kier molecular flexibility index (Phi) is 5.13. The molecule has 0 atom stereocenters. The number of aryl methyl sites for hydroxylation is 1. The summed E-state index contributed by atoms with van der Waals surface area (Å²) in [5.74, 6) is 0.475. The predicted molar refractivity (Wildman–Crippen MR) is 99.5 cm³/mol. The molecule has 0 radical (unpaired) electrons. The highest BCUT2D eigenvalue weighted by Gasteiger charge is 2.06. The molecule has 3 aromatic rings. The Balaban J connectivity index is 1.66. The van der Waals surface area contributed by atoms with E-state index in [0.717, 1.165) is 16.0 Å². The molecule has 1 amide bonds. The summed E-state index contributed by atoms with van der Waals surface area (Å²) >= 11 is 7.51. The molecule has 0 fully saturated rings. The van der Waals surface area contributed by atoms with Crippen molar-refractivity contribution in [2.45, 2.75) is 13.5 Å². The molecule has 24 heavy (non-hydrogen) atoms. The molecule has 122 valence electrons. The Bertz CT molecular complexity index is 865. The fraction of sp³-hybridized carbons (Fsp3) is 0.111. The third-order valence-corrected chi connectivity index (χ3v) is 4.74. The Hall–Kier alpha value is -2.37. The summed E-state index contributed by atoms with van der Waals surface area (Å²) in [6.45, 7) is 2.59. The van der Waals surface area contributed by atoms with Crippen LogP contribution in [-0.4, -0.2) is 15.7 Å². The molecule has 0 saturated carbocycles. The van der Waals surface area contributed by atoms with E-state index in [1.54, 1.807) is 34.4 Å². The van der Waals surface area contributed by atoms with Gasteiger partial charge in [-0.1, -0.05) is 23.7 Å². The molecule has 3 rings (SSSR count). The summed E-state index contributed by atoms with van der Waals surface area (Å²) in [7, 11) is 0. The van der Waals surface area contributed by atoms with E-state index < -0.39 is 0 Å². The minimum absolute atomic E-state index is 0.180. The van der Waals surface area contributed by atoms with Gasteiger partial charge in [0.2, 0.25) is 5.91 Å². The first-order valence-corrected chi connectivity index (χ1v) is 8.67. The van der Waals surface area contributed by atoms with Gasteiger partial charge in [-0.25, -0.2) is 4.68 Å². The average molecular weight is 358 g/mol. The van der Waals surface area contributed by atoms with E-state index in [4.69, 9.17) is 11.6 Å².